The molecule has 5 nitrogen and oxygen atoms in total. The van der Waals surface area contributed by atoms with Gasteiger partial charge in [0.15, 0.2) is 5.69 Å². The van der Waals surface area contributed by atoms with Crippen LogP contribution >= 0.6 is 0 Å². The maximum Gasteiger partial charge on any atom is 0.272 e. The molecule has 5 heteroatoms. The quantitative estimate of drug-likeness (QED) is 0.731. The molecule has 0 radical (unpaired) electrons. The predicted molar refractivity (Wildman–Crippen MR) is 106 cm³/mol. The Morgan fingerprint density at radius 1 is 1.19 bits per heavy atom. The highest BCUT2D eigenvalue weighted by Crippen LogP contribution is 2.20. The number of fused-ring (bicyclic) bond motifs is 1. The topological polar surface area (TPSA) is 50.2 Å². The van der Waals surface area contributed by atoms with Gasteiger partial charge in [-0.2, -0.15) is 5.10 Å². The van der Waals surface area contributed by atoms with Crippen LogP contribution in [-0.4, -0.2) is 45.8 Å². The number of hydrogen-bond acceptors (Lipinski definition) is 3. The number of rotatable bonds is 8. The molecule has 1 aromatic carbocycles. The highest BCUT2D eigenvalue weighted by molar-refractivity contribution is 6.05. The summed E-state index contributed by atoms with van der Waals surface area (Å²) in [4.78, 5) is 15.4. The molecule has 0 bridgehead atoms. The van der Waals surface area contributed by atoms with Crippen LogP contribution < -0.4 is 5.32 Å². The van der Waals surface area contributed by atoms with Crippen molar-refractivity contribution < 1.29 is 4.79 Å². The van der Waals surface area contributed by atoms with Crippen LogP contribution in [0.4, 0.5) is 0 Å². The summed E-state index contributed by atoms with van der Waals surface area (Å²) in [6.45, 7) is 10.4. The Morgan fingerprint density at radius 3 is 2.65 bits per heavy atom. The molecule has 1 fully saturated rings. The number of aromatic nitrogens is 2. The molecule has 1 aromatic heterocycles. The number of nitrogens with zero attached hydrogens (tertiary/aromatic N) is 3. The van der Waals surface area contributed by atoms with Gasteiger partial charge in [0.25, 0.3) is 5.91 Å². The molecule has 1 aliphatic rings. The van der Waals surface area contributed by atoms with Crippen molar-refractivity contribution in [3.63, 3.8) is 0 Å². The minimum absolute atomic E-state index is 0.0698. The Hall–Kier alpha value is -1.88. The largest absolute Gasteiger partial charge is 0.344 e. The minimum atomic E-state index is -0.269. The third-order valence-corrected chi connectivity index (χ3v) is 5.12. The number of likely N-dealkylation sites (tertiary alicyclic amines) is 1. The van der Waals surface area contributed by atoms with Crippen LogP contribution in [0.2, 0.25) is 0 Å². The normalized spacial score (nSPS) is 15.7. The van der Waals surface area contributed by atoms with Crippen LogP contribution in [0.5, 0.6) is 0 Å². The number of carbonyl (C=O) groups excluding carboxylic acids is 1. The number of aryl methyl sites for hydroxylation is 1. The first kappa shape index (κ1) is 18.9. The second kappa shape index (κ2) is 8.21. The molecule has 0 atom stereocenters. The SMILES string of the molecule is CCCCCn1nc(C(=O)NC(C)(C)CN2CCCC2)c2ccccc21. The number of benzene rings is 1. The highest BCUT2D eigenvalue weighted by Gasteiger charge is 2.27. The van der Waals surface area contributed by atoms with Crippen LogP contribution in [0, 0.1) is 0 Å². The van der Waals surface area contributed by atoms with Crippen molar-refractivity contribution in [3.05, 3.63) is 30.0 Å². The zero-order valence-corrected chi connectivity index (χ0v) is 16.4. The molecule has 3 rings (SSSR count). The van der Waals surface area contributed by atoms with Crippen LogP contribution in [0.3, 0.4) is 0 Å². The zero-order chi connectivity index (χ0) is 18.6. The Kier molecular flexibility index (Phi) is 5.97. The average molecular weight is 357 g/mol. The fourth-order valence-corrected chi connectivity index (χ4v) is 3.88. The molecule has 1 N–H and O–H groups in total. The molecule has 0 aliphatic carbocycles. The van der Waals surface area contributed by atoms with E-state index in [2.05, 4.69) is 42.2 Å². The number of hydrogen-bond donors (Lipinski definition) is 1. The van der Waals surface area contributed by atoms with Gasteiger partial charge in [-0.15, -0.1) is 0 Å². The number of carbonyl (C=O) groups is 1. The maximum absolute atomic E-state index is 13.0. The number of para-hydroxylation sites is 1. The minimum Gasteiger partial charge on any atom is -0.344 e. The van der Waals surface area contributed by atoms with Crippen molar-refractivity contribution in [1.29, 1.82) is 0 Å². The lowest BCUT2D eigenvalue weighted by Gasteiger charge is -2.30. The van der Waals surface area contributed by atoms with Crippen molar-refractivity contribution in [1.82, 2.24) is 20.0 Å². The van der Waals surface area contributed by atoms with Gasteiger partial charge in [-0.1, -0.05) is 38.0 Å². The second-order valence-electron chi connectivity index (χ2n) is 8.12. The molecule has 2 aromatic rings. The summed E-state index contributed by atoms with van der Waals surface area (Å²) < 4.78 is 1.99. The van der Waals surface area contributed by atoms with E-state index in [4.69, 9.17) is 0 Å². The molecular formula is C21H32N4O. The van der Waals surface area contributed by atoms with Crippen molar-refractivity contribution in [2.45, 2.75) is 65.0 Å². The van der Waals surface area contributed by atoms with Crippen molar-refractivity contribution >= 4 is 16.8 Å². The van der Waals surface area contributed by atoms with Crippen molar-refractivity contribution in [2.75, 3.05) is 19.6 Å². The molecule has 1 amide bonds. The van der Waals surface area contributed by atoms with Crippen LogP contribution in [0.25, 0.3) is 10.9 Å². The first-order valence-electron chi connectivity index (χ1n) is 10.0. The number of amides is 1. The van der Waals surface area contributed by atoms with E-state index in [0.29, 0.717) is 5.69 Å². The third-order valence-electron chi connectivity index (χ3n) is 5.12. The molecule has 2 heterocycles. The Balaban J connectivity index is 1.76. The zero-order valence-electron chi connectivity index (χ0n) is 16.4. The Bertz CT molecular complexity index is 744. The first-order valence-corrected chi connectivity index (χ1v) is 10.0. The Labute approximate surface area is 156 Å². The molecule has 26 heavy (non-hydrogen) atoms. The van der Waals surface area contributed by atoms with E-state index in [1.165, 1.54) is 25.7 Å². The Morgan fingerprint density at radius 2 is 1.92 bits per heavy atom. The molecule has 0 saturated carbocycles. The van der Waals surface area contributed by atoms with E-state index >= 15 is 0 Å². The van der Waals surface area contributed by atoms with Gasteiger partial charge in [0, 0.05) is 24.0 Å². The predicted octanol–water partition coefficient (Wildman–Crippen LogP) is 3.83. The van der Waals surface area contributed by atoms with Gasteiger partial charge in [-0.3, -0.25) is 9.48 Å². The highest BCUT2D eigenvalue weighted by atomic mass is 16.2. The fourth-order valence-electron chi connectivity index (χ4n) is 3.88. The van der Waals surface area contributed by atoms with Crippen molar-refractivity contribution in [2.24, 2.45) is 0 Å². The van der Waals surface area contributed by atoms with Gasteiger partial charge in [-0.05, 0) is 52.3 Å². The summed E-state index contributed by atoms with van der Waals surface area (Å²) in [5, 5.41) is 8.83. The summed E-state index contributed by atoms with van der Waals surface area (Å²) in [5.41, 5.74) is 1.33. The monoisotopic (exact) mass is 356 g/mol. The summed E-state index contributed by atoms with van der Waals surface area (Å²) in [7, 11) is 0. The van der Waals surface area contributed by atoms with Crippen LogP contribution in [0.1, 0.15) is 63.4 Å². The van der Waals surface area contributed by atoms with Crippen LogP contribution in [0.15, 0.2) is 24.3 Å². The standard InChI is InChI=1S/C21H32N4O/c1-4-5-8-15-25-18-12-7-6-11-17(18)19(23-25)20(26)22-21(2,3)16-24-13-9-10-14-24/h6-7,11-12H,4-5,8-10,13-16H2,1-3H3,(H,22,26). The molecule has 1 aliphatic heterocycles. The van der Waals surface area contributed by atoms with E-state index in [0.717, 1.165) is 43.5 Å². The van der Waals surface area contributed by atoms with Gasteiger partial charge < -0.3 is 10.2 Å². The smallest absolute Gasteiger partial charge is 0.272 e. The second-order valence-corrected chi connectivity index (χ2v) is 8.12. The summed E-state index contributed by atoms with van der Waals surface area (Å²) in [5.74, 6) is -0.0698. The molecule has 0 spiro atoms. The summed E-state index contributed by atoms with van der Waals surface area (Å²) in [6.07, 6.45) is 5.97. The number of nitrogens with one attached hydrogen (secondary N) is 1. The molecule has 142 valence electrons. The van der Waals surface area contributed by atoms with Gasteiger partial charge in [0.2, 0.25) is 0 Å². The lowest BCUT2D eigenvalue weighted by molar-refractivity contribution is 0.0889. The molecular weight excluding hydrogens is 324 g/mol. The van der Waals surface area contributed by atoms with Gasteiger partial charge in [-0.25, -0.2) is 0 Å². The lowest BCUT2D eigenvalue weighted by Crippen LogP contribution is -2.51. The van der Waals surface area contributed by atoms with Crippen molar-refractivity contribution in [3.8, 4) is 0 Å². The third kappa shape index (κ3) is 4.44. The van der Waals surface area contributed by atoms with E-state index in [-0.39, 0.29) is 11.4 Å². The molecule has 0 unspecified atom stereocenters. The maximum atomic E-state index is 13.0. The van der Waals surface area contributed by atoms with E-state index < -0.39 is 0 Å². The fraction of sp³-hybridized carbons (Fsp3) is 0.619. The summed E-state index contributed by atoms with van der Waals surface area (Å²) >= 11 is 0. The molecule has 1 saturated heterocycles. The average Bonchev–Trinajstić information content (AvgIpc) is 3.22. The van der Waals surface area contributed by atoms with E-state index in [1.54, 1.807) is 0 Å². The number of unbranched alkanes of at least 4 members (excludes halogenated alkanes) is 2. The van der Waals surface area contributed by atoms with E-state index in [9.17, 15) is 4.79 Å². The van der Waals surface area contributed by atoms with E-state index in [1.807, 2.05) is 22.9 Å². The van der Waals surface area contributed by atoms with Gasteiger partial charge in [0.05, 0.1) is 5.52 Å². The van der Waals surface area contributed by atoms with Crippen LogP contribution in [-0.2, 0) is 6.54 Å². The lowest BCUT2D eigenvalue weighted by atomic mass is 10.0. The van der Waals surface area contributed by atoms with Gasteiger partial charge in [0.1, 0.15) is 0 Å². The van der Waals surface area contributed by atoms with Gasteiger partial charge >= 0.3 is 0 Å². The first-order chi connectivity index (χ1) is 12.5. The summed E-state index contributed by atoms with van der Waals surface area (Å²) in [6, 6.07) is 8.05.